The van der Waals surface area contributed by atoms with Crippen LogP contribution in [0.3, 0.4) is 0 Å². The zero-order valence-corrected chi connectivity index (χ0v) is 13.4. The summed E-state index contributed by atoms with van der Waals surface area (Å²) in [6, 6.07) is 15.7. The van der Waals surface area contributed by atoms with Crippen molar-refractivity contribution in [3.63, 3.8) is 0 Å². The van der Waals surface area contributed by atoms with E-state index in [0.717, 1.165) is 5.52 Å². The van der Waals surface area contributed by atoms with Gasteiger partial charge in [0, 0.05) is 11.9 Å². The van der Waals surface area contributed by atoms with Crippen LogP contribution in [0.25, 0.3) is 10.9 Å². The van der Waals surface area contributed by atoms with Crippen LogP contribution in [0, 0.1) is 0 Å². The predicted octanol–water partition coefficient (Wildman–Crippen LogP) is 3.88. The molecule has 6 nitrogen and oxygen atoms in total. The first-order valence-corrected chi connectivity index (χ1v) is 7.73. The average molecular weight is 335 g/mol. The minimum absolute atomic E-state index is 0.105. The number of amides is 1. The average Bonchev–Trinajstić information content (AvgIpc) is 2.92. The summed E-state index contributed by atoms with van der Waals surface area (Å²) in [6.45, 7) is 4.06. The van der Waals surface area contributed by atoms with E-state index in [1.54, 1.807) is 53.1 Å². The standard InChI is InChI=1S/C19H17N3O3/c1-2-12-22-15-11-7-6-10-14(15)16(19(22)25)20-21-18(24)17(23)13-8-4-3-5-9-13/h2-11,17,23,25H,1,12H2/t17-/m1/s1. The molecule has 1 aromatic heterocycles. The molecule has 0 saturated heterocycles. The van der Waals surface area contributed by atoms with Crippen LogP contribution < -0.4 is 0 Å². The van der Waals surface area contributed by atoms with E-state index in [9.17, 15) is 15.0 Å². The van der Waals surface area contributed by atoms with Crippen molar-refractivity contribution in [2.45, 2.75) is 12.6 Å². The lowest BCUT2D eigenvalue weighted by atomic mass is 10.1. The van der Waals surface area contributed by atoms with Crippen LogP contribution in [0.2, 0.25) is 0 Å². The number of fused-ring (bicyclic) bond motifs is 1. The van der Waals surface area contributed by atoms with Crippen LogP contribution in [0.4, 0.5) is 5.69 Å². The molecule has 2 N–H and O–H groups in total. The highest BCUT2D eigenvalue weighted by molar-refractivity contribution is 5.95. The molecule has 0 aliphatic heterocycles. The molecule has 0 aliphatic carbocycles. The van der Waals surface area contributed by atoms with Crippen molar-refractivity contribution in [1.29, 1.82) is 0 Å². The molecular formula is C19H17N3O3. The first kappa shape index (κ1) is 16.6. The van der Waals surface area contributed by atoms with Crippen LogP contribution in [0.15, 0.2) is 77.5 Å². The summed E-state index contributed by atoms with van der Waals surface area (Å²) in [5.41, 5.74) is 1.38. The Morgan fingerprint density at radius 1 is 1.16 bits per heavy atom. The molecule has 0 saturated carbocycles. The molecule has 0 aliphatic rings. The van der Waals surface area contributed by atoms with Crippen molar-refractivity contribution >= 4 is 22.5 Å². The maximum Gasteiger partial charge on any atom is 0.297 e. The summed E-state index contributed by atoms with van der Waals surface area (Å²) in [5.74, 6) is -0.905. The molecule has 0 radical (unpaired) electrons. The van der Waals surface area contributed by atoms with Crippen LogP contribution in [0.1, 0.15) is 11.7 Å². The molecule has 6 heteroatoms. The van der Waals surface area contributed by atoms with Crippen LogP contribution in [0.5, 0.6) is 5.88 Å². The van der Waals surface area contributed by atoms with E-state index in [0.29, 0.717) is 17.5 Å². The zero-order chi connectivity index (χ0) is 17.8. The Labute approximate surface area is 144 Å². The van der Waals surface area contributed by atoms with E-state index < -0.39 is 12.0 Å². The van der Waals surface area contributed by atoms with Gasteiger partial charge in [0.25, 0.3) is 5.91 Å². The number of aromatic hydroxyl groups is 1. The summed E-state index contributed by atoms with van der Waals surface area (Å²) in [7, 11) is 0. The number of aromatic nitrogens is 1. The fourth-order valence-electron chi connectivity index (χ4n) is 2.62. The van der Waals surface area contributed by atoms with E-state index >= 15 is 0 Å². The van der Waals surface area contributed by atoms with Crippen LogP contribution in [-0.2, 0) is 11.3 Å². The summed E-state index contributed by atoms with van der Waals surface area (Å²) in [5, 5.41) is 28.6. The number of nitrogens with zero attached hydrogens (tertiary/aromatic N) is 3. The lowest BCUT2D eigenvalue weighted by molar-refractivity contribution is -0.126. The van der Waals surface area contributed by atoms with E-state index in [2.05, 4.69) is 16.8 Å². The number of hydrogen-bond acceptors (Lipinski definition) is 4. The van der Waals surface area contributed by atoms with E-state index in [4.69, 9.17) is 0 Å². The van der Waals surface area contributed by atoms with Gasteiger partial charge >= 0.3 is 0 Å². The normalized spacial score (nSPS) is 12.5. The van der Waals surface area contributed by atoms with Crippen molar-refractivity contribution in [2.75, 3.05) is 0 Å². The molecular weight excluding hydrogens is 318 g/mol. The number of hydrogen-bond donors (Lipinski definition) is 2. The lowest BCUT2D eigenvalue weighted by Crippen LogP contribution is -2.08. The van der Waals surface area contributed by atoms with Gasteiger partial charge < -0.3 is 14.8 Å². The topological polar surface area (TPSA) is 87.2 Å². The monoisotopic (exact) mass is 335 g/mol. The number of carbonyl (C=O) groups excluding carboxylic acids is 1. The van der Waals surface area contributed by atoms with Gasteiger partial charge in [-0.05, 0) is 11.6 Å². The highest BCUT2D eigenvalue weighted by Crippen LogP contribution is 2.38. The zero-order valence-electron chi connectivity index (χ0n) is 13.4. The molecule has 0 fully saturated rings. The number of allylic oxidation sites excluding steroid dienone is 1. The van der Waals surface area contributed by atoms with Crippen molar-refractivity contribution in [3.8, 4) is 5.88 Å². The number of rotatable bonds is 5. The number of azo groups is 1. The first-order valence-electron chi connectivity index (χ1n) is 7.73. The van der Waals surface area contributed by atoms with Gasteiger partial charge in [-0.3, -0.25) is 4.79 Å². The number of para-hydroxylation sites is 1. The van der Waals surface area contributed by atoms with Crippen LogP contribution >= 0.6 is 0 Å². The fraction of sp³-hybridized carbons (Fsp3) is 0.105. The second-order valence-electron chi connectivity index (χ2n) is 5.44. The van der Waals surface area contributed by atoms with Gasteiger partial charge in [-0.15, -0.1) is 16.8 Å². The molecule has 3 rings (SSSR count). The summed E-state index contributed by atoms with van der Waals surface area (Å²) in [6.07, 6.45) is 0.255. The summed E-state index contributed by atoms with van der Waals surface area (Å²) >= 11 is 0. The van der Waals surface area contributed by atoms with Gasteiger partial charge in [0.1, 0.15) is 0 Å². The third kappa shape index (κ3) is 3.20. The molecule has 3 aromatic rings. The highest BCUT2D eigenvalue weighted by atomic mass is 16.3. The Bertz CT molecular complexity index is 945. The van der Waals surface area contributed by atoms with Crippen molar-refractivity contribution in [3.05, 3.63) is 72.8 Å². The van der Waals surface area contributed by atoms with E-state index in [1.807, 2.05) is 12.1 Å². The first-order chi connectivity index (χ1) is 12.1. The SMILES string of the molecule is C=CCn1c(O)c(N=NC(=O)[C@H](O)c2ccccc2)c2ccccc21. The maximum atomic E-state index is 12.1. The summed E-state index contributed by atoms with van der Waals surface area (Å²) in [4.78, 5) is 12.1. The molecule has 25 heavy (non-hydrogen) atoms. The minimum Gasteiger partial charge on any atom is -0.493 e. The molecule has 126 valence electrons. The fourth-order valence-corrected chi connectivity index (χ4v) is 2.62. The third-order valence-corrected chi connectivity index (χ3v) is 3.83. The van der Waals surface area contributed by atoms with Gasteiger partial charge in [0.2, 0.25) is 5.88 Å². The number of aliphatic hydroxyl groups excluding tert-OH is 1. The van der Waals surface area contributed by atoms with Crippen molar-refractivity contribution < 1.29 is 15.0 Å². The van der Waals surface area contributed by atoms with Gasteiger partial charge in [-0.25, -0.2) is 0 Å². The molecule has 0 unspecified atom stereocenters. The molecule has 1 heterocycles. The Hall–Kier alpha value is -3.25. The van der Waals surface area contributed by atoms with Crippen LogP contribution in [-0.4, -0.2) is 20.7 Å². The Kier molecular flexibility index (Phi) is 4.72. The molecule has 1 atom stereocenters. The number of benzene rings is 2. The minimum atomic E-state index is -1.39. The second-order valence-corrected chi connectivity index (χ2v) is 5.44. The summed E-state index contributed by atoms with van der Waals surface area (Å²) < 4.78 is 1.62. The molecule has 1 amide bonds. The van der Waals surface area contributed by atoms with Gasteiger partial charge in [0.15, 0.2) is 11.8 Å². The third-order valence-electron chi connectivity index (χ3n) is 3.83. The Morgan fingerprint density at radius 2 is 1.84 bits per heavy atom. The van der Waals surface area contributed by atoms with Gasteiger partial charge in [0.05, 0.1) is 5.52 Å². The molecule has 2 aromatic carbocycles. The second kappa shape index (κ2) is 7.11. The van der Waals surface area contributed by atoms with E-state index in [-0.39, 0.29) is 11.6 Å². The Balaban J connectivity index is 1.95. The Morgan fingerprint density at radius 3 is 2.56 bits per heavy atom. The maximum absolute atomic E-state index is 12.1. The quantitative estimate of drug-likeness (QED) is 0.548. The smallest absolute Gasteiger partial charge is 0.297 e. The number of aliphatic hydroxyl groups is 1. The van der Waals surface area contributed by atoms with Gasteiger partial charge in [-0.2, -0.15) is 0 Å². The number of carbonyl (C=O) groups is 1. The molecule has 0 bridgehead atoms. The largest absolute Gasteiger partial charge is 0.493 e. The highest BCUT2D eigenvalue weighted by Gasteiger charge is 2.19. The van der Waals surface area contributed by atoms with Crippen molar-refractivity contribution in [1.82, 2.24) is 4.57 Å². The predicted molar refractivity (Wildman–Crippen MR) is 94.7 cm³/mol. The molecule has 0 spiro atoms. The lowest BCUT2D eigenvalue weighted by Gasteiger charge is -2.05. The van der Waals surface area contributed by atoms with E-state index in [1.165, 1.54) is 0 Å². The van der Waals surface area contributed by atoms with Gasteiger partial charge in [-0.1, -0.05) is 54.6 Å². The van der Waals surface area contributed by atoms with Crippen molar-refractivity contribution in [2.24, 2.45) is 10.2 Å².